The summed E-state index contributed by atoms with van der Waals surface area (Å²) in [6.45, 7) is 8.31. The highest BCUT2D eigenvalue weighted by molar-refractivity contribution is 5.96. The minimum atomic E-state index is -0.231. The lowest BCUT2D eigenvalue weighted by molar-refractivity contribution is -0.116. The third-order valence-corrected chi connectivity index (χ3v) is 4.33. The van der Waals surface area contributed by atoms with Gasteiger partial charge in [-0.25, -0.2) is 5.43 Å². The SMILES string of the molecule is CCCC(=O)Nc1ccc(C(=O)NN=C2CCN(C(C)C)CC2)cc1. The van der Waals surface area contributed by atoms with Crippen LogP contribution >= 0.6 is 0 Å². The van der Waals surface area contributed by atoms with Crippen molar-refractivity contribution in [1.29, 1.82) is 0 Å². The normalized spacial score (nSPS) is 15.1. The van der Waals surface area contributed by atoms with Crippen LogP contribution in [0.2, 0.25) is 0 Å². The Bertz CT molecular complexity index is 613. The number of hydrazone groups is 1. The highest BCUT2D eigenvalue weighted by atomic mass is 16.2. The molecule has 2 amide bonds. The molecule has 0 spiro atoms. The molecule has 1 aromatic rings. The second-order valence-corrected chi connectivity index (χ2v) is 6.62. The van der Waals surface area contributed by atoms with Gasteiger partial charge in [-0.3, -0.25) is 9.59 Å². The maximum Gasteiger partial charge on any atom is 0.271 e. The maximum absolute atomic E-state index is 12.2. The van der Waals surface area contributed by atoms with Crippen LogP contribution in [0.1, 0.15) is 56.8 Å². The number of hydrogen-bond donors (Lipinski definition) is 2. The Morgan fingerprint density at radius 1 is 1.16 bits per heavy atom. The summed E-state index contributed by atoms with van der Waals surface area (Å²) < 4.78 is 0. The third-order valence-electron chi connectivity index (χ3n) is 4.33. The monoisotopic (exact) mass is 344 g/mol. The first-order valence-corrected chi connectivity index (χ1v) is 8.99. The Kier molecular flexibility index (Phi) is 7.13. The average molecular weight is 344 g/mol. The Morgan fingerprint density at radius 3 is 2.36 bits per heavy atom. The highest BCUT2D eigenvalue weighted by Crippen LogP contribution is 2.12. The molecule has 0 saturated carbocycles. The second kappa shape index (κ2) is 9.32. The lowest BCUT2D eigenvalue weighted by Gasteiger charge is -2.30. The number of likely N-dealkylation sites (tertiary alicyclic amines) is 1. The number of hydrogen-bond acceptors (Lipinski definition) is 4. The van der Waals surface area contributed by atoms with E-state index in [0.29, 0.717) is 23.7 Å². The van der Waals surface area contributed by atoms with Crippen LogP contribution in [-0.4, -0.2) is 41.6 Å². The number of rotatable bonds is 6. The summed E-state index contributed by atoms with van der Waals surface area (Å²) in [5, 5.41) is 7.07. The predicted octanol–water partition coefficient (Wildman–Crippen LogP) is 3.02. The summed E-state index contributed by atoms with van der Waals surface area (Å²) >= 11 is 0. The molecular weight excluding hydrogens is 316 g/mol. The number of amides is 2. The quantitative estimate of drug-likeness (QED) is 0.779. The van der Waals surface area contributed by atoms with Crippen molar-refractivity contribution in [3.05, 3.63) is 29.8 Å². The molecule has 136 valence electrons. The zero-order valence-corrected chi connectivity index (χ0v) is 15.3. The van der Waals surface area contributed by atoms with Crippen LogP contribution < -0.4 is 10.7 Å². The maximum atomic E-state index is 12.2. The first-order chi connectivity index (χ1) is 12.0. The van der Waals surface area contributed by atoms with Crippen molar-refractivity contribution in [2.45, 2.75) is 52.5 Å². The van der Waals surface area contributed by atoms with E-state index < -0.39 is 0 Å². The van der Waals surface area contributed by atoms with Crippen molar-refractivity contribution in [1.82, 2.24) is 10.3 Å². The van der Waals surface area contributed by atoms with Crippen LogP contribution in [-0.2, 0) is 4.79 Å². The Labute approximate surface area is 149 Å². The first kappa shape index (κ1) is 19.1. The zero-order valence-electron chi connectivity index (χ0n) is 15.3. The molecule has 1 heterocycles. The molecule has 0 bridgehead atoms. The second-order valence-electron chi connectivity index (χ2n) is 6.62. The molecule has 6 heteroatoms. The minimum Gasteiger partial charge on any atom is -0.326 e. The predicted molar refractivity (Wildman–Crippen MR) is 101 cm³/mol. The fraction of sp³-hybridized carbons (Fsp3) is 0.526. The number of carbonyl (C=O) groups excluding carboxylic acids is 2. The van der Waals surface area contributed by atoms with Crippen LogP contribution in [0.25, 0.3) is 0 Å². The van der Waals surface area contributed by atoms with E-state index in [4.69, 9.17) is 0 Å². The van der Waals surface area contributed by atoms with Gasteiger partial charge in [0.1, 0.15) is 0 Å². The van der Waals surface area contributed by atoms with Crippen molar-refractivity contribution in [2.24, 2.45) is 5.10 Å². The van der Waals surface area contributed by atoms with Gasteiger partial charge in [-0.1, -0.05) is 6.92 Å². The molecule has 25 heavy (non-hydrogen) atoms. The third kappa shape index (κ3) is 5.98. The number of anilines is 1. The van der Waals surface area contributed by atoms with E-state index in [1.165, 1.54) is 0 Å². The molecule has 0 radical (unpaired) electrons. The Balaban J connectivity index is 1.85. The zero-order chi connectivity index (χ0) is 18.2. The molecule has 0 atom stereocenters. The van der Waals surface area contributed by atoms with Crippen LogP contribution in [0.4, 0.5) is 5.69 Å². The van der Waals surface area contributed by atoms with E-state index in [2.05, 4.69) is 34.6 Å². The van der Waals surface area contributed by atoms with Crippen LogP contribution in [0.3, 0.4) is 0 Å². The molecule has 1 aromatic carbocycles. The first-order valence-electron chi connectivity index (χ1n) is 8.99. The van der Waals surface area contributed by atoms with Gasteiger partial charge in [0.25, 0.3) is 5.91 Å². The van der Waals surface area contributed by atoms with Crippen molar-refractivity contribution in [2.75, 3.05) is 18.4 Å². The van der Waals surface area contributed by atoms with Gasteiger partial charge in [0.15, 0.2) is 0 Å². The summed E-state index contributed by atoms with van der Waals surface area (Å²) in [7, 11) is 0. The van der Waals surface area contributed by atoms with E-state index in [0.717, 1.165) is 38.1 Å². The van der Waals surface area contributed by atoms with E-state index in [1.54, 1.807) is 24.3 Å². The molecule has 2 N–H and O–H groups in total. The average Bonchev–Trinajstić information content (AvgIpc) is 2.61. The van der Waals surface area contributed by atoms with Crippen molar-refractivity contribution >= 4 is 23.2 Å². The van der Waals surface area contributed by atoms with Gasteiger partial charge < -0.3 is 10.2 Å². The van der Waals surface area contributed by atoms with Gasteiger partial charge in [0, 0.05) is 55.4 Å². The minimum absolute atomic E-state index is 0.0150. The summed E-state index contributed by atoms with van der Waals surface area (Å²) in [5.41, 5.74) is 4.89. The summed E-state index contributed by atoms with van der Waals surface area (Å²) in [6.07, 6.45) is 3.08. The smallest absolute Gasteiger partial charge is 0.271 e. The Hall–Kier alpha value is -2.21. The van der Waals surface area contributed by atoms with Crippen molar-refractivity contribution < 1.29 is 9.59 Å². The fourth-order valence-corrected chi connectivity index (χ4v) is 2.76. The summed E-state index contributed by atoms with van der Waals surface area (Å²) in [4.78, 5) is 26.2. The lowest BCUT2D eigenvalue weighted by Crippen LogP contribution is -2.39. The number of nitrogens with zero attached hydrogens (tertiary/aromatic N) is 2. The van der Waals surface area contributed by atoms with Crippen molar-refractivity contribution in [3.8, 4) is 0 Å². The largest absolute Gasteiger partial charge is 0.326 e. The van der Waals surface area contributed by atoms with Gasteiger partial charge in [-0.15, -0.1) is 0 Å². The topological polar surface area (TPSA) is 73.8 Å². The van der Waals surface area contributed by atoms with Gasteiger partial charge in [0.05, 0.1) is 0 Å². The number of benzene rings is 1. The van der Waals surface area contributed by atoms with Gasteiger partial charge in [-0.2, -0.15) is 5.10 Å². The van der Waals surface area contributed by atoms with E-state index in [1.807, 2.05) is 6.92 Å². The number of piperidine rings is 1. The lowest BCUT2D eigenvalue weighted by atomic mass is 10.1. The molecule has 2 rings (SSSR count). The van der Waals surface area contributed by atoms with Gasteiger partial charge in [-0.05, 0) is 44.5 Å². The van der Waals surface area contributed by atoms with E-state index in [9.17, 15) is 9.59 Å². The summed E-state index contributed by atoms with van der Waals surface area (Å²) in [6, 6.07) is 7.40. The van der Waals surface area contributed by atoms with E-state index in [-0.39, 0.29) is 11.8 Å². The number of nitrogens with one attached hydrogen (secondary N) is 2. The van der Waals surface area contributed by atoms with Crippen molar-refractivity contribution in [3.63, 3.8) is 0 Å². The molecule has 1 aliphatic heterocycles. The van der Waals surface area contributed by atoms with Gasteiger partial charge in [0.2, 0.25) is 5.91 Å². The van der Waals surface area contributed by atoms with Crippen LogP contribution in [0, 0.1) is 0 Å². The Morgan fingerprint density at radius 2 is 1.80 bits per heavy atom. The molecule has 1 aliphatic rings. The molecule has 0 aromatic heterocycles. The standard InChI is InChI=1S/C19H28N4O2/c1-4-5-18(24)20-16-8-6-15(7-9-16)19(25)22-21-17-10-12-23(13-11-17)14(2)3/h6-9,14H,4-5,10-13H2,1-3H3,(H,20,24)(H,22,25). The fourth-order valence-electron chi connectivity index (χ4n) is 2.76. The molecular formula is C19H28N4O2. The molecule has 0 unspecified atom stereocenters. The van der Waals surface area contributed by atoms with Crippen LogP contribution in [0.5, 0.6) is 0 Å². The molecule has 0 aliphatic carbocycles. The van der Waals surface area contributed by atoms with Gasteiger partial charge >= 0.3 is 0 Å². The number of carbonyl (C=O) groups is 2. The molecule has 1 saturated heterocycles. The highest BCUT2D eigenvalue weighted by Gasteiger charge is 2.17. The summed E-state index contributed by atoms with van der Waals surface area (Å²) in [5.74, 6) is -0.246. The molecule has 6 nitrogen and oxygen atoms in total. The van der Waals surface area contributed by atoms with Crippen LogP contribution in [0.15, 0.2) is 29.4 Å². The molecule has 1 fully saturated rings. The van der Waals surface area contributed by atoms with E-state index >= 15 is 0 Å².